The lowest BCUT2D eigenvalue weighted by Crippen LogP contribution is -2.28. The number of halogens is 2. The summed E-state index contributed by atoms with van der Waals surface area (Å²) in [5, 5.41) is 0. The Labute approximate surface area is 82.9 Å². The van der Waals surface area contributed by atoms with Gasteiger partial charge in [-0.1, -0.05) is 6.42 Å². The standard InChI is InChI=1S/C11H16F2O/c1-11(12,13)10(14)6-9-5-7-2-3-8(9)4-7/h7-9H,2-6H2,1H3. The fraction of sp³-hybridized carbons (Fsp3) is 0.909. The Morgan fingerprint density at radius 3 is 2.50 bits per heavy atom. The molecule has 3 heteroatoms. The van der Waals surface area contributed by atoms with Gasteiger partial charge >= 0.3 is 5.92 Å². The van der Waals surface area contributed by atoms with Crippen molar-refractivity contribution in [2.45, 2.75) is 45.0 Å². The molecule has 0 aromatic carbocycles. The van der Waals surface area contributed by atoms with Crippen molar-refractivity contribution in [1.82, 2.24) is 0 Å². The molecule has 2 aliphatic carbocycles. The first-order valence-electron chi connectivity index (χ1n) is 5.38. The minimum Gasteiger partial charge on any atom is -0.293 e. The van der Waals surface area contributed by atoms with Gasteiger partial charge in [0.1, 0.15) is 0 Å². The Kier molecular flexibility index (Phi) is 2.36. The van der Waals surface area contributed by atoms with E-state index in [-0.39, 0.29) is 12.3 Å². The molecule has 3 atom stereocenters. The second-order valence-electron chi connectivity index (χ2n) is 4.95. The highest BCUT2D eigenvalue weighted by atomic mass is 19.3. The van der Waals surface area contributed by atoms with E-state index < -0.39 is 11.7 Å². The van der Waals surface area contributed by atoms with Crippen LogP contribution in [-0.4, -0.2) is 11.7 Å². The molecular formula is C11H16F2O. The van der Waals surface area contributed by atoms with Crippen LogP contribution in [0.4, 0.5) is 8.78 Å². The summed E-state index contributed by atoms with van der Waals surface area (Å²) in [7, 11) is 0. The van der Waals surface area contributed by atoms with E-state index in [2.05, 4.69) is 0 Å². The lowest BCUT2D eigenvalue weighted by atomic mass is 9.84. The van der Waals surface area contributed by atoms with Crippen molar-refractivity contribution in [3.8, 4) is 0 Å². The van der Waals surface area contributed by atoms with Crippen molar-refractivity contribution < 1.29 is 13.6 Å². The van der Waals surface area contributed by atoms with Crippen molar-refractivity contribution >= 4 is 5.78 Å². The van der Waals surface area contributed by atoms with E-state index in [1.54, 1.807) is 0 Å². The predicted molar refractivity (Wildman–Crippen MR) is 49.2 cm³/mol. The van der Waals surface area contributed by atoms with Crippen LogP contribution in [0.25, 0.3) is 0 Å². The molecule has 2 fully saturated rings. The topological polar surface area (TPSA) is 17.1 Å². The van der Waals surface area contributed by atoms with Crippen molar-refractivity contribution in [2.24, 2.45) is 17.8 Å². The molecule has 0 spiro atoms. The fourth-order valence-corrected chi connectivity index (χ4v) is 3.04. The predicted octanol–water partition coefficient (Wildman–Crippen LogP) is 3.04. The van der Waals surface area contributed by atoms with Crippen molar-refractivity contribution in [3.63, 3.8) is 0 Å². The number of carbonyl (C=O) groups is 1. The third-order valence-corrected chi connectivity index (χ3v) is 3.82. The molecule has 0 amide bonds. The number of Topliss-reactive ketones (excluding diaryl/α,β-unsaturated/α-hetero) is 1. The van der Waals surface area contributed by atoms with Gasteiger partial charge in [-0.2, -0.15) is 8.78 Å². The van der Waals surface area contributed by atoms with E-state index in [9.17, 15) is 13.6 Å². The molecule has 80 valence electrons. The van der Waals surface area contributed by atoms with Gasteiger partial charge in [-0.3, -0.25) is 4.79 Å². The second-order valence-corrected chi connectivity index (χ2v) is 4.95. The van der Waals surface area contributed by atoms with E-state index >= 15 is 0 Å². The van der Waals surface area contributed by atoms with E-state index in [0.717, 1.165) is 18.8 Å². The molecule has 2 bridgehead atoms. The average Bonchev–Trinajstić information content (AvgIpc) is 2.62. The van der Waals surface area contributed by atoms with Gasteiger partial charge in [-0.05, 0) is 37.0 Å². The van der Waals surface area contributed by atoms with Gasteiger partial charge in [-0.25, -0.2) is 0 Å². The molecule has 0 aromatic heterocycles. The maximum Gasteiger partial charge on any atom is 0.302 e. The van der Waals surface area contributed by atoms with Crippen LogP contribution in [-0.2, 0) is 4.79 Å². The molecule has 2 rings (SSSR count). The molecular weight excluding hydrogens is 186 g/mol. The zero-order valence-electron chi connectivity index (χ0n) is 8.43. The molecule has 3 unspecified atom stereocenters. The molecule has 0 radical (unpaired) electrons. The largest absolute Gasteiger partial charge is 0.302 e. The van der Waals surface area contributed by atoms with Gasteiger partial charge < -0.3 is 0 Å². The summed E-state index contributed by atoms with van der Waals surface area (Å²) in [5.41, 5.74) is 0. The molecule has 1 nitrogen and oxygen atoms in total. The van der Waals surface area contributed by atoms with E-state index in [4.69, 9.17) is 0 Å². The number of hydrogen-bond donors (Lipinski definition) is 0. The zero-order valence-corrected chi connectivity index (χ0v) is 8.43. The minimum atomic E-state index is -3.12. The summed E-state index contributed by atoms with van der Waals surface area (Å²) in [5.74, 6) is -2.45. The molecule has 2 aliphatic rings. The maximum atomic E-state index is 12.7. The Morgan fingerprint density at radius 1 is 1.36 bits per heavy atom. The Bertz CT molecular complexity index is 244. The van der Waals surface area contributed by atoms with Crippen molar-refractivity contribution in [3.05, 3.63) is 0 Å². The van der Waals surface area contributed by atoms with Gasteiger partial charge in [0.15, 0.2) is 0 Å². The number of hydrogen-bond acceptors (Lipinski definition) is 1. The number of alkyl halides is 2. The SMILES string of the molecule is CC(F)(F)C(=O)CC1CC2CCC1C2. The van der Waals surface area contributed by atoms with E-state index in [1.165, 1.54) is 12.8 Å². The maximum absolute atomic E-state index is 12.7. The smallest absolute Gasteiger partial charge is 0.293 e. The number of fused-ring (bicyclic) bond motifs is 2. The van der Waals surface area contributed by atoms with Crippen LogP contribution < -0.4 is 0 Å². The van der Waals surface area contributed by atoms with Gasteiger partial charge in [0, 0.05) is 13.3 Å². The normalized spacial score (nSPS) is 36.4. The zero-order chi connectivity index (χ0) is 10.3. The van der Waals surface area contributed by atoms with Gasteiger partial charge in [0.2, 0.25) is 5.78 Å². The molecule has 0 aromatic rings. The average molecular weight is 202 g/mol. The minimum absolute atomic E-state index is 0.102. The molecule has 0 N–H and O–H groups in total. The third kappa shape index (κ3) is 1.82. The Balaban J connectivity index is 1.90. The van der Waals surface area contributed by atoms with Gasteiger partial charge in [-0.15, -0.1) is 0 Å². The van der Waals surface area contributed by atoms with Crippen LogP contribution >= 0.6 is 0 Å². The Morgan fingerprint density at radius 2 is 2.07 bits per heavy atom. The van der Waals surface area contributed by atoms with Crippen LogP contribution in [0.3, 0.4) is 0 Å². The molecule has 14 heavy (non-hydrogen) atoms. The fourth-order valence-electron chi connectivity index (χ4n) is 3.04. The summed E-state index contributed by atoms with van der Waals surface area (Å²) in [4.78, 5) is 11.1. The van der Waals surface area contributed by atoms with Crippen LogP contribution in [0.2, 0.25) is 0 Å². The van der Waals surface area contributed by atoms with Crippen molar-refractivity contribution in [2.75, 3.05) is 0 Å². The first kappa shape index (κ1) is 10.1. The Hall–Kier alpha value is -0.470. The molecule has 0 saturated heterocycles. The highest BCUT2D eigenvalue weighted by molar-refractivity contribution is 5.85. The number of rotatable bonds is 3. The van der Waals surface area contributed by atoms with Crippen LogP contribution in [0.15, 0.2) is 0 Å². The summed E-state index contributed by atoms with van der Waals surface area (Å²) in [6, 6.07) is 0. The van der Waals surface area contributed by atoms with Gasteiger partial charge in [0.25, 0.3) is 0 Å². The second kappa shape index (κ2) is 3.28. The summed E-state index contributed by atoms with van der Waals surface area (Å²) >= 11 is 0. The first-order chi connectivity index (χ1) is 6.47. The van der Waals surface area contributed by atoms with Crippen LogP contribution in [0, 0.1) is 17.8 Å². The molecule has 2 saturated carbocycles. The number of carbonyl (C=O) groups excluding carboxylic acids is 1. The summed E-state index contributed by atoms with van der Waals surface area (Å²) in [6.45, 7) is 0.711. The van der Waals surface area contributed by atoms with Crippen molar-refractivity contribution in [1.29, 1.82) is 0 Å². The van der Waals surface area contributed by atoms with Crippen LogP contribution in [0.1, 0.15) is 39.0 Å². The lowest BCUT2D eigenvalue weighted by Gasteiger charge is -2.22. The van der Waals surface area contributed by atoms with Gasteiger partial charge in [0.05, 0.1) is 0 Å². The highest BCUT2D eigenvalue weighted by Gasteiger charge is 2.43. The molecule has 0 heterocycles. The summed E-state index contributed by atoms with van der Waals surface area (Å²) < 4.78 is 25.3. The summed E-state index contributed by atoms with van der Waals surface area (Å²) in [6.07, 6.45) is 4.68. The van der Waals surface area contributed by atoms with Crippen LogP contribution in [0.5, 0.6) is 0 Å². The highest BCUT2D eigenvalue weighted by Crippen LogP contribution is 2.49. The lowest BCUT2D eigenvalue weighted by molar-refractivity contribution is -0.142. The molecule has 0 aliphatic heterocycles. The third-order valence-electron chi connectivity index (χ3n) is 3.82. The monoisotopic (exact) mass is 202 g/mol. The quantitative estimate of drug-likeness (QED) is 0.687. The first-order valence-corrected chi connectivity index (χ1v) is 5.38. The van der Waals surface area contributed by atoms with E-state index in [0.29, 0.717) is 12.8 Å². The van der Waals surface area contributed by atoms with E-state index in [1.807, 2.05) is 0 Å². The number of ketones is 1.